The molecular formula is C17H18FNO. The highest BCUT2D eigenvalue weighted by Crippen LogP contribution is 2.36. The fraction of sp³-hybridized carbons (Fsp3) is 0.294. The van der Waals surface area contributed by atoms with Crippen molar-refractivity contribution in [1.29, 1.82) is 0 Å². The minimum absolute atomic E-state index is 0.178. The first-order valence-electron chi connectivity index (χ1n) is 6.78. The first-order chi connectivity index (χ1) is 9.46. The van der Waals surface area contributed by atoms with Gasteiger partial charge in [-0.2, -0.15) is 0 Å². The molecule has 0 aliphatic carbocycles. The van der Waals surface area contributed by atoms with Gasteiger partial charge in [-0.3, -0.25) is 0 Å². The van der Waals surface area contributed by atoms with Gasteiger partial charge in [0.05, 0.1) is 6.04 Å². The lowest BCUT2D eigenvalue weighted by Gasteiger charge is -2.16. The van der Waals surface area contributed by atoms with Crippen LogP contribution in [0.5, 0.6) is 5.75 Å². The molecule has 0 radical (unpaired) electrons. The van der Waals surface area contributed by atoms with Gasteiger partial charge in [-0.15, -0.1) is 0 Å². The van der Waals surface area contributed by atoms with Crippen LogP contribution >= 0.6 is 0 Å². The Hall–Kier alpha value is -1.87. The molecule has 0 fully saturated rings. The molecule has 0 spiro atoms. The van der Waals surface area contributed by atoms with E-state index in [1.165, 1.54) is 6.07 Å². The van der Waals surface area contributed by atoms with Crippen molar-refractivity contribution in [2.24, 2.45) is 5.73 Å². The second-order valence-corrected chi connectivity index (χ2v) is 5.90. The number of hydrogen-bond acceptors (Lipinski definition) is 2. The van der Waals surface area contributed by atoms with Gasteiger partial charge in [-0.25, -0.2) is 4.39 Å². The van der Waals surface area contributed by atoms with Gasteiger partial charge in [0, 0.05) is 12.0 Å². The quantitative estimate of drug-likeness (QED) is 0.906. The average Bonchev–Trinajstić information content (AvgIpc) is 2.71. The topological polar surface area (TPSA) is 35.2 Å². The highest BCUT2D eigenvalue weighted by Gasteiger charge is 2.30. The zero-order valence-electron chi connectivity index (χ0n) is 11.7. The van der Waals surface area contributed by atoms with Crippen LogP contribution in [-0.2, 0) is 6.42 Å². The van der Waals surface area contributed by atoms with E-state index in [1.807, 2.05) is 18.2 Å². The smallest absolute Gasteiger partial charge is 0.128 e. The second-order valence-electron chi connectivity index (χ2n) is 5.90. The third-order valence-corrected chi connectivity index (χ3v) is 3.69. The summed E-state index contributed by atoms with van der Waals surface area (Å²) in [6.45, 7) is 4.12. The molecule has 2 aromatic carbocycles. The molecule has 3 rings (SSSR count). The molecule has 1 unspecified atom stereocenters. The summed E-state index contributed by atoms with van der Waals surface area (Å²) in [5, 5.41) is 0. The molecule has 0 saturated carbocycles. The van der Waals surface area contributed by atoms with Crippen molar-refractivity contribution in [3.63, 3.8) is 0 Å². The van der Waals surface area contributed by atoms with Gasteiger partial charge in [0.15, 0.2) is 0 Å². The third-order valence-electron chi connectivity index (χ3n) is 3.69. The molecular weight excluding hydrogens is 253 g/mol. The number of hydrogen-bond donors (Lipinski definition) is 1. The van der Waals surface area contributed by atoms with E-state index in [4.69, 9.17) is 10.5 Å². The standard InChI is InChI=1S/C17H18FNO/c1-17(2)10-12-9-11(7-8-15(12)20-17)16(19)13-5-3-4-6-14(13)18/h3-9,16H,10,19H2,1-2H3. The van der Waals surface area contributed by atoms with E-state index < -0.39 is 6.04 Å². The van der Waals surface area contributed by atoms with Gasteiger partial charge < -0.3 is 10.5 Å². The van der Waals surface area contributed by atoms with Gasteiger partial charge in [0.25, 0.3) is 0 Å². The van der Waals surface area contributed by atoms with Gasteiger partial charge in [0.2, 0.25) is 0 Å². The van der Waals surface area contributed by atoms with Crippen LogP contribution in [-0.4, -0.2) is 5.60 Å². The summed E-state index contributed by atoms with van der Waals surface area (Å²) in [5.41, 5.74) is 8.59. The third kappa shape index (κ3) is 2.29. The fourth-order valence-electron chi connectivity index (χ4n) is 2.73. The van der Waals surface area contributed by atoms with Crippen LogP contribution in [0.15, 0.2) is 42.5 Å². The Morgan fingerprint density at radius 3 is 2.70 bits per heavy atom. The van der Waals surface area contributed by atoms with Crippen LogP contribution < -0.4 is 10.5 Å². The number of benzene rings is 2. The summed E-state index contributed by atoms with van der Waals surface area (Å²) in [6.07, 6.45) is 0.847. The van der Waals surface area contributed by atoms with E-state index in [-0.39, 0.29) is 11.4 Å². The lowest BCUT2D eigenvalue weighted by molar-refractivity contribution is 0.138. The van der Waals surface area contributed by atoms with Crippen molar-refractivity contribution in [2.75, 3.05) is 0 Å². The van der Waals surface area contributed by atoms with Crippen LogP contribution in [0.3, 0.4) is 0 Å². The number of fused-ring (bicyclic) bond motifs is 1. The second kappa shape index (κ2) is 4.60. The molecule has 0 saturated heterocycles. The summed E-state index contributed by atoms with van der Waals surface area (Å²) >= 11 is 0. The van der Waals surface area contributed by atoms with Crippen molar-refractivity contribution in [3.05, 3.63) is 65.0 Å². The van der Waals surface area contributed by atoms with Crippen LogP contribution in [0.1, 0.15) is 36.6 Å². The molecule has 3 heteroatoms. The maximum Gasteiger partial charge on any atom is 0.128 e. The van der Waals surface area contributed by atoms with Gasteiger partial charge in [-0.1, -0.05) is 30.3 Å². The molecule has 1 aliphatic rings. The lowest BCUT2D eigenvalue weighted by atomic mass is 9.95. The van der Waals surface area contributed by atoms with Crippen LogP contribution in [0.25, 0.3) is 0 Å². The Labute approximate surface area is 118 Å². The van der Waals surface area contributed by atoms with E-state index in [9.17, 15) is 4.39 Å². The van der Waals surface area contributed by atoms with Crippen LogP contribution in [0.2, 0.25) is 0 Å². The minimum atomic E-state index is -0.454. The van der Waals surface area contributed by atoms with Gasteiger partial charge in [-0.05, 0) is 37.1 Å². The largest absolute Gasteiger partial charge is 0.487 e. The van der Waals surface area contributed by atoms with Crippen molar-refractivity contribution in [1.82, 2.24) is 0 Å². The minimum Gasteiger partial charge on any atom is -0.487 e. The fourth-order valence-corrected chi connectivity index (χ4v) is 2.73. The van der Waals surface area contributed by atoms with E-state index in [0.29, 0.717) is 5.56 Å². The van der Waals surface area contributed by atoms with E-state index >= 15 is 0 Å². The molecule has 104 valence electrons. The summed E-state index contributed by atoms with van der Waals surface area (Å²) in [7, 11) is 0. The van der Waals surface area contributed by atoms with E-state index in [0.717, 1.165) is 23.3 Å². The molecule has 0 aromatic heterocycles. The number of ether oxygens (including phenoxy) is 1. The Morgan fingerprint density at radius 2 is 1.95 bits per heavy atom. The normalized spacial score (nSPS) is 17.4. The van der Waals surface area contributed by atoms with Gasteiger partial charge in [0.1, 0.15) is 17.2 Å². The molecule has 0 bridgehead atoms. The van der Waals surface area contributed by atoms with Crippen molar-refractivity contribution in [2.45, 2.75) is 31.9 Å². The van der Waals surface area contributed by atoms with Crippen molar-refractivity contribution in [3.8, 4) is 5.75 Å². The van der Waals surface area contributed by atoms with Crippen molar-refractivity contribution >= 4 is 0 Å². The number of nitrogens with two attached hydrogens (primary N) is 1. The number of rotatable bonds is 2. The molecule has 2 aromatic rings. The molecule has 2 N–H and O–H groups in total. The molecule has 1 atom stereocenters. The monoisotopic (exact) mass is 271 g/mol. The van der Waals surface area contributed by atoms with E-state index in [1.54, 1.807) is 18.2 Å². The molecule has 2 nitrogen and oxygen atoms in total. The Morgan fingerprint density at radius 1 is 1.20 bits per heavy atom. The summed E-state index contributed by atoms with van der Waals surface area (Å²) in [4.78, 5) is 0. The average molecular weight is 271 g/mol. The zero-order chi connectivity index (χ0) is 14.3. The van der Waals surface area contributed by atoms with Crippen LogP contribution in [0.4, 0.5) is 4.39 Å². The zero-order valence-corrected chi connectivity index (χ0v) is 11.7. The molecule has 1 aliphatic heterocycles. The maximum absolute atomic E-state index is 13.8. The molecule has 20 heavy (non-hydrogen) atoms. The highest BCUT2D eigenvalue weighted by molar-refractivity contribution is 5.44. The molecule has 1 heterocycles. The Kier molecular flexibility index (Phi) is 3.02. The Balaban J connectivity index is 1.95. The van der Waals surface area contributed by atoms with E-state index in [2.05, 4.69) is 13.8 Å². The maximum atomic E-state index is 13.8. The first kappa shape index (κ1) is 13.1. The Bertz CT molecular complexity index is 651. The van der Waals surface area contributed by atoms with Gasteiger partial charge >= 0.3 is 0 Å². The summed E-state index contributed by atoms with van der Waals surface area (Å²) in [6, 6.07) is 12.1. The summed E-state index contributed by atoms with van der Waals surface area (Å²) in [5.74, 6) is 0.636. The lowest BCUT2D eigenvalue weighted by Crippen LogP contribution is -2.24. The van der Waals surface area contributed by atoms with Crippen molar-refractivity contribution < 1.29 is 9.13 Å². The molecule has 0 amide bonds. The first-order valence-corrected chi connectivity index (χ1v) is 6.78. The summed E-state index contributed by atoms with van der Waals surface area (Å²) < 4.78 is 19.7. The highest BCUT2D eigenvalue weighted by atomic mass is 19.1. The predicted molar refractivity (Wildman–Crippen MR) is 77.3 cm³/mol. The number of halogens is 1. The van der Waals surface area contributed by atoms with Crippen LogP contribution in [0, 0.1) is 5.82 Å². The predicted octanol–water partition coefficient (Wildman–Crippen LogP) is 3.59. The SMILES string of the molecule is CC1(C)Cc2cc(C(N)c3ccccc3F)ccc2O1.